The number of rotatable bonds is 5. The first-order valence-electron chi connectivity index (χ1n) is 5.99. The Labute approximate surface area is 119 Å². The van der Waals surface area contributed by atoms with Gasteiger partial charge in [-0.3, -0.25) is 19.6 Å². The van der Waals surface area contributed by atoms with Crippen molar-refractivity contribution in [2.24, 2.45) is 7.05 Å². The van der Waals surface area contributed by atoms with Crippen molar-refractivity contribution in [3.63, 3.8) is 0 Å². The predicted octanol–water partition coefficient (Wildman–Crippen LogP) is 1.32. The van der Waals surface area contributed by atoms with Gasteiger partial charge in [-0.05, 0) is 6.42 Å². The standard InChI is InChI=1S/C12H14N4O3S/c1-3-9-8(5-16(2)15-9)11(19)14-12-13-7(6-20-12)4-10(17)18/h5-6H,3-4H2,1-2H3,(H,17,18)(H,13,14,19). The van der Waals surface area contributed by atoms with Crippen LogP contribution in [0.5, 0.6) is 0 Å². The zero-order valence-electron chi connectivity index (χ0n) is 11.1. The smallest absolute Gasteiger partial charge is 0.309 e. The third-order valence-corrected chi connectivity index (χ3v) is 3.40. The van der Waals surface area contributed by atoms with Gasteiger partial charge < -0.3 is 5.11 Å². The molecular weight excluding hydrogens is 280 g/mol. The van der Waals surface area contributed by atoms with Crippen LogP contribution in [-0.2, 0) is 24.7 Å². The second kappa shape index (κ2) is 5.83. The number of aryl methyl sites for hydroxylation is 2. The van der Waals surface area contributed by atoms with E-state index in [1.54, 1.807) is 23.3 Å². The maximum absolute atomic E-state index is 12.1. The van der Waals surface area contributed by atoms with Crippen LogP contribution in [0.25, 0.3) is 0 Å². The molecule has 7 nitrogen and oxygen atoms in total. The molecule has 0 unspecified atom stereocenters. The fraction of sp³-hybridized carbons (Fsp3) is 0.333. The van der Waals surface area contributed by atoms with Crippen LogP contribution in [0.4, 0.5) is 5.13 Å². The summed E-state index contributed by atoms with van der Waals surface area (Å²) in [4.78, 5) is 26.8. The highest BCUT2D eigenvalue weighted by Gasteiger charge is 2.16. The maximum Gasteiger partial charge on any atom is 0.309 e. The fourth-order valence-corrected chi connectivity index (χ4v) is 2.46. The van der Waals surface area contributed by atoms with Crippen LogP contribution < -0.4 is 5.32 Å². The van der Waals surface area contributed by atoms with E-state index in [-0.39, 0.29) is 12.3 Å². The number of nitrogens with zero attached hydrogens (tertiary/aromatic N) is 3. The summed E-state index contributed by atoms with van der Waals surface area (Å²) in [5.74, 6) is -1.24. The number of aromatic nitrogens is 3. The first kappa shape index (κ1) is 14.2. The molecule has 0 atom stereocenters. The molecule has 106 valence electrons. The first-order chi connectivity index (χ1) is 9.49. The van der Waals surface area contributed by atoms with E-state index in [4.69, 9.17) is 5.11 Å². The zero-order valence-corrected chi connectivity index (χ0v) is 11.9. The van der Waals surface area contributed by atoms with Gasteiger partial charge in [0, 0.05) is 18.6 Å². The van der Waals surface area contributed by atoms with Crippen LogP contribution in [-0.4, -0.2) is 31.7 Å². The summed E-state index contributed by atoms with van der Waals surface area (Å²) in [5.41, 5.74) is 1.65. The molecule has 2 rings (SSSR count). The number of anilines is 1. The van der Waals surface area contributed by atoms with Crippen molar-refractivity contribution in [2.45, 2.75) is 19.8 Å². The molecule has 0 saturated heterocycles. The molecule has 8 heteroatoms. The number of carbonyl (C=O) groups is 2. The monoisotopic (exact) mass is 294 g/mol. The summed E-state index contributed by atoms with van der Waals surface area (Å²) in [6.07, 6.45) is 2.16. The highest BCUT2D eigenvalue weighted by molar-refractivity contribution is 7.14. The topological polar surface area (TPSA) is 97.1 Å². The van der Waals surface area contributed by atoms with Crippen molar-refractivity contribution >= 4 is 28.3 Å². The van der Waals surface area contributed by atoms with Crippen molar-refractivity contribution in [2.75, 3.05) is 5.32 Å². The quantitative estimate of drug-likeness (QED) is 0.866. The van der Waals surface area contributed by atoms with Gasteiger partial charge in [-0.1, -0.05) is 6.92 Å². The summed E-state index contributed by atoms with van der Waals surface area (Å²) in [6.45, 7) is 1.92. The second-order valence-electron chi connectivity index (χ2n) is 4.19. The largest absolute Gasteiger partial charge is 0.481 e. The summed E-state index contributed by atoms with van der Waals surface area (Å²) >= 11 is 1.20. The Bertz CT molecular complexity index is 647. The van der Waals surface area contributed by atoms with E-state index >= 15 is 0 Å². The first-order valence-corrected chi connectivity index (χ1v) is 6.87. The lowest BCUT2D eigenvalue weighted by Gasteiger charge is -2.00. The van der Waals surface area contributed by atoms with Crippen molar-refractivity contribution in [3.05, 3.63) is 28.5 Å². The van der Waals surface area contributed by atoms with Crippen LogP contribution in [0, 0.1) is 0 Å². The number of hydrogen-bond donors (Lipinski definition) is 2. The molecule has 0 aromatic carbocycles. The highest BCUT2D eigenvalue weighted by atomic mass is 32.1. The van der Waals surface area contributed by atoms with E-state index in [9.17, 15) is 9.59 Å². The lowest BCUT2D eigenvalue weighted by Crippen LogP contribution is -2.13. The molecule has 0 spiro atoms. The molecule has 2 aromatic heterocycles. The number of amides is 1. The van der Waals surface area contributed by atoms with Crippen LogP contribution in [0.1, 0.15) is 28.7 Å². The van der Waals surface area contributed by atoms with Crippen molar-refractivity contribution < 1.29 is 14.7 Å². The van der Waals surface area contributed by atoms with Gasteiger partial charge in [0.15, 0.2) is 5.13 Å². The summed E-state index contributed by atoms with van der Waals surface area (Å²) < 4.78 is 1.59. The molecule has 0 saturated carbocycles. The predicted molar refractivity (Wildman–Crippen MR) is 74.0 cm³/mol. The summed E-state index contributed by atoms with van der Waals surface area (Å²) in [7, 11) is 1.75. The van der Waals surface area contributed by atoms with Crippen molar-refractivity contribution in [1.82, 2.24) is 14.8 Å². The Hall–Kier alpha value is -2.22. The summed E-state index contributed by atoms with van der Waals surface area (Å²) in [5, 5.41) is 17.5. The SMILES string of the molecule is CCc1nn(C)cc1C(=O)Nc1nc(CC(=O)O)cs1. The number of carboxylic acids is 1. The molecule has 20 heavy (non-hydrogen) atoms. The van der Waals surface area contributed by atoms with Crippen LogP contribution in [0.15, 0.2) is 11.6 Å². The van der Waals surface area contributed by atoms with Gasteiger partial charge in [-0.25, -0.2) is 4.98 Å². The number of carbonyl (C=O) groups excluding carboxylic acids is 1. The number of carboxylic acid groups (broad SMARTS) is 1. The Morgan fingerprint density at radius 1 is 1.50 bits per heavy atom. The lowest BCUT2D eigenvalue weighted by molar-refractivity contribution is -0.136. The van der Waals surface area contributed by atoms with Crippen LogP contribution in [0.2, 0.25) is 0 Å². The van der Waals surface area contributed by atoms with Gasteiger partial charge in [0.2, 0.25) is 0 Å². The Morgan fingerprint density at radius 2 is 2.25 bits per heavy atom. The van der Waals surface area contributed by atoms with Crippen LogP contribution >= 0.6 is 11.3 Å². The molecule has 1 amide bonds. The third-order valence-electron chi connectivity index (χ3n) is 2.59. The van der Waals surface area contributed by atoms with E-state index in [0.717, 1.165) is 0 Å². The molecule has 0 fully saturated rings. The minimum Gasteiger partial charge on any atom is -0.481 e. The van der Waals surface area contributed by atoms with Crippen molar-refractivity contribution in [1.29, 1.82) is 0 Å². The molecule has 2 aromatic rings. The molecular formula is C12H14N4O3S. The normalized spacial score (nSPS) is 10.5. The summed E-state index contributed by atoms with van der Waals surface area (Å²) in [6, 6.07) is 0. The van der Waals surface area contributed by atoms with E-state index in [1.807, 2.05) is 6.92 Å². The number of nitrogens with one attached hydrogen (secondary N) is 1. The Balaban J connectivity index is 2.11. The van der Waals surface area contributed by atoms with Gasteiger partial charge in [-0.15, -0.1) is 11.3 Å². The number of thiazole rings is 1. The lowest BCUT2D eigenvalue weighted by atomic mass is 10.2. The number of aliphatic carboxylic acids is 1. The van der Waals surface area contributed by atoms with Gasteiger partial charge in [-0.2, -0.15) is 5.10 Å². The van der Waals surface area contributed by atoms with E-state index in [1.165, 1.54) is 11.3 Å². The maximum atomic E-state index is 12.1. The molecule has 0 radical (unpaired) electrons. The Morgan fingerprint density at radius 3 is 2.90 bits per heavy atom. The highest BCUT2D eigenvalue weighted by Crippen LogP contribution is 2.18. The van der Waals surface area contributed by atoms with Crippen molar-refractivity contribution in [3.8, 4) is 0 Å². The molecule has 0 aliphatic heterocycles. The fourth-order valence-electron chi connectivity index (χ4n) is 1.75. The van der Waals surface area contributed by atoms with Gasteiger partial charge in [0.25, 0.3) is 5.91 Å². The molecule has 2 heterocycles. The van der Waals surface area contributed by atoms with Crippen LogP contribution in [0.3, 0.4) is 0 Å². The minimum absolute atomic E-state index is 0.153. The average molecular weight is 294 g/mol. The molecule has 0 aliphatic rings. The van der Waals surface area contributed by atoms with Gasteiger partial charge in [0.1, 0.15) is 0 Å². The van der Waals surface area contributed by atoms with E-state index < -0.39 is 5.97 Å². The second-order valence-corrected chi connectivity index (χ2v) is 5.04. The molecule has 0 bridgehead atoms. The number of hydrogen-bond acceptors (Lipinski definition) is 5. The molecule has 2 N–H and O–H groups in total. The van der Waals surface area contributed by atoms with Gasteiger partial charge in [0.05, 0.1) is 23.4 Å². The third kappa shape index (κ3) is 3.21. The molecule has 0 aliphatic carbocycles. The average Bonchev–Trinajstić information content (AvgIpc) is 2.95. The van der Waals surface area contributed by atoms with Gasteiger partial charge >= 0.3 is 5.97 Å². The minimum atomic E-state index is -0.950. The Kier molecular flexibility index (Phi) is 4.14. The van der Waals surface area contributed by atoms with E-state index in [2.05, 4.69) is 15.4 Å². The van der Waals surface area contributed by atoms with E-state index in [0.29, 0.717) is 28.5 Å². The zero-order chi connectivity index (χ0) is 14.7.